The Morgan fingerprint density at radius 1 is 0.471 bits per heavy atom. The first-order chi connectivity index (χ1) is 8.33. The Morgan fingerprint density at radius 2 is 0.824 bits per heavy atom. The van der Waals surface area contributed by atoms with E-state index in [0.717, 1.165) is 6.42 Å². The van der Waals surface area contributed by atoms with Crippen molar-refractivity contribution in [3.63, 3.8) is 0 Å². The maximum absolute atomic E-state index is 8.57. The van der Waals surface area contributed by atoms with E-state index in [1.54, 1.807) is 0 Å². The standard InChI is InChI=1S/C12H26O.C2H6O2/c1-2-3-4-5-6-7-8-9-10-11-12-13;3-1-2-4/h13H,2-12H2,1H3;3-4H,1-2H2. The molecule has 0 aromatic carbocycles. The van der Waals surface area contributed by atoms with Crippen LogP contribution < -0.4 is 0 Å². The van der Waals surface area contributed by atoms with Crippen LogP contribution in [0.1, 0.15) is 71.1 Å². The molecule has 0 aliphatic heterocycles. The molecule has 0 aliphatic carbocycles. The molecule has 0 heterocycles. The van der Waals surface area contributed by atoms with Gasteiger partial charge in [-0.25, -0.2) is 0 Å². The molecule has 0 bridgehead atoms. The van der Waals surface area contributed by atoms with Crippen LogP contribution in [0.3, 0.4) is 0 Å². The van der Waals surface area contributed by atoms with Crippen molar-refractivity contribution < 1.29 is 15.3 Å². The second-order valence-electron chi connectivity index (χ2n) is 4.35. The molecule has 3 nitrogen and oxygen atoms in total. The minimum absolute atomic E-state index is 0.125. The van der Waals surface area contributed by atoms with E-state index in [-0.39, 0.29) is 13.2 Å². The van der Waals surface area contributed by atoms with Crippen molar-refractivity contribution >= 4 is 0 Å². The smallest absolute Gasteiger partial charge is 0.0662 e. The maximum atomic E-state index is 8.57. The molecule has 0 saturated carbocycles. The minimum atomic E-state index is -0.125. The van der Waals surface area contributed by atoms with Crippen LogP contribution in [0.2, 0.25) is 0 Å². The second-order valence-corrected chi connectivity index (χ2v) is 4.35. The van der Waals surface area contributed by atoms with Gasteiger partial charge in [0.1, 0.15) is 0 Å². The van der Waals surface area contributed by atoms with E-state index in [9.17, 15) is 0 Å². The first-order valence-electron chi connectivity index (χ1n) is 7.16. The second kappa shape index (κ2) is 21.2. The van der Waals surface area contributed by atoms with E-state index in [1.165, 1.54) is 57.8 Å². The lowest BCUT2D eigenvalue weighted by Gasteiger charge is -2.00. The third-order valence-corrected chi connectivity index (χ3v) is 2.61. The summed E-state index contributed by atoms with van der Waals surface area (Å²) in [6.45, 7) is 2.38. The average molecular weight is 248 g/mol. The van der Waals surface area contributed by atoms with E-state index in [4.69, 9.17) is 15.3 Å². The molecule has 17 heavy (non-hydrogen) atoms. The zero-order chi connectivity index (χ0) is 13.2. The van der Waals surface area contributed by atoms with E-state index in [1.807, 2.05) is 0 Å². The summed E-state index contributed by atoms with van der Waals surface area (Å²) < 4.78 is 0. The van der Waals surface area contributed by atoms with Crippen molar-refractivity contribution in [3.05, 3.63) is 0 Å². The Morgan fingerprint density at radius 3 is 1.12 bits per heavy atom. The summed E-state index contributed by atoms with van der Waals surface area (Å²) in [7, 11) is 0. The van der Waals surface area contributed by atoms with Crippen molar-refractivity contribution in [1.29, 1.82) is 0 Å². The molecule has 3 heteroatoms. The Kier molecular flexibility index (Phi) is 24.0. The molecule has 106 valence electrons. The van der Waals surface area contributed by atoms with Gasteiger partial charge in [-0.2, -0.15) is 0 Å². The van der Waals surface area contributed by atoms with Crippen LogP contribution in [0.25, 0.3) is 0 Å². The molecular weight excluding hydrogens is 216 g/mol. The van der Waals surface area contributed by atoms with Gasteiger partial charge < -0.3 is 15.3 Å². The zero-order valence-corrected chi connectivity index (χ0v) is 11.5. The summed E-state index contributed by atoms with van der Waals surface area (Å²) >= 11 is 0. The van der Waals surface area contributed by atoms with Gasteiger partial charge in [-0.05, 0) is 6.42 Å². The monoisotopic (exact) mass is 248 g/mol. The minimum Gasteiger partial charge on any atom is -0.396 e. The van der Waals surface area contributed by atoms with Gasteiger partial charge in [0.25, 0.3) is 0 Å². The van der Waals surface area contributed by atoms with Crippen molar-refractivity contribution in [2.24, 2.45) is 0 Å². The molecule has 0 aromatic rings. The van der Waals surface area contributed by atoms with Crippen molar-refractivity contribution in [3.8, 4) is 0 Å². The lowest BCUT2D eigenvalue weighted by atomic mass is 10.1. The summed E-state index contributed by atoms with van der Waals surface area (Å²) in [5.74, 6) is 0. The summed E-state index contributed by atoms with van der Waals surface area (Å²) in [5, 5.41) is 23.8. The third kappa shape index (κ3) is 25.8. The van der Waals surface area contributed by atoms with Crippen molar-refractivity contribution in [1.82, 2.24) is 0 Å². The van der Waals surface area contributed by atoms with Gasteiger partial charge in [0, 0.05) is 6.61 Å². The Balaban J connectivity index is 0. The summed E-state index contributed by atoms with van der Waals surface area (Å²) in [6.07, 6.45) is 13.3. The molecule has 0 aromatic heterocycles. The molecule has 3 N–H and O–H groups in total. The molecule has 0 atom stereocenters. The van der Waals surface area contributed by atoms with Gasteiger partial charge >= 0.3 is 0 Å². The van der Waals surface area contributed by atoms with Gasteiger partial charge in [-0.1, -0.05) is 64.7 Å². The molecule has 0 rings (SSSR count). The van der Waals surface area contributed by atoms with Crippen LogP contribution >= 0.6 is 0 Å². The molecule has 0 radical (unpaired) electrons. The average Bonchev–Trinajstić information content (AvgIpc) is 2.37. The van der Waals surface area contributed by atoms with Crippen LogP contribution in [-0.4, -0.2) is 35.1 Å². The highest BCUT2D eigenvalue weighted by atomic mass is 16.3. The highest BCUT2D eigenvalue weighted by molar-refractivity contribution is 4.46. The zero-order valence-electron chi connectivity index (χ0n) is 11.5. The van der Waals surface area contributed by atoms with Gasteiger partial charge in [0.15, 0.2) is 0 Å². The fourth-order valence-corrected chi connectivity index (χ4v) is 1.60. The Labute approximate surface area is 107 Å². The first-order valence-corrected chi connectivity index (χ1v) is 7.16. The fourth-order valence-electron chi connectivity index (χ4n) is 1.60. The normalized spacial score (nSPS) is 9.88. The van der Waals surface area contributed by atoms with Crippen LogP contribution in [0, 0.1) is 0 Å². The largest absolute Gasteiger partial charge is 0.396 e. The van der Waals surface area contributed by atoms with E-state index in [0.29, 0.717) is 6.61 Å². The van der Waals surface area contributed by atoms with E-state index in [2.05, 4.69) is 6.92 Å². The Bertz CT molecular complexity index is 95.6. The molecule has 0 aliphatic rings. The topological polar surface area (TPSA) is 60.7 Å². The van der Waals surface area contributed by atoms with E-state index >= 15 is 0 Å². The molecule has 0 amide bonds. The molecular formula is C14H32O3. The highest BCUT2D eigenvalue weighted by Crippen LogP contribution is 2.09. The molecule has 0 fully saturated rings. The molecule has 0 spiro atoms. The van der Waals surface area contributed by atoms with Gasteiger partial charge in [0.2, 0.25) is 0 Å². The summed E-state index contributed by atoms with van der Waals surface area (Å²) in [5.41, 5.74) is 0. The van der Waals surface area contributed by atoms with E-state index < -0.39 is 0 Å². The predicted octanol–water partition coefficient (Wildman–Crippen LogP) is 2.87. The molecule has 0 saturated heterocycles. The SMILES string of the molecule is CCCCCCCCCCCCO.OCCO. The third-order valence-electron chi connectivity index (χ3n) is 2.61. The highest BCUT2D eigenvalue weighted by Gasteiger charge is 1.91. The lowest BCUT2D eigenvalue weighted by Crippen LogP contribution is -1.85. The molecule has 0 unspecified atom stereocenters. The number of hydrogen-bond donors (Lipinski definition) is 3. The first kappa shape index (κ1) is 19.2. The number of aliphatic hydroxyl groups is 3. The lowest BCUT2D eigenvalue weighted by molar-refractivity contribution is 0.186. The van der Waals surface area contributed by atoms with Crippen LogP contribution in [-0.2, 0) is 0 Å². The Hall–Kier alpha value is -0.120. The quantitative estimate of drug-likeness (QED) is 0.493. The number of aliphatic hydroxyl groups excluding tert-OH is 3. The number of rotatable bonds is 11. The fraction of sp³-hybridized carbons (Fsp3) is 1.00. The van der Waals surface area contributed by atoms with Gasteiger partial charge in [0.05, 0.1) is 13.2 Å². The predicted molar refractivity (Wildman–Crippen MR) is 73.1 cm³/mol. The maximum Gasteiger partial charge on any atom is 0.0662 e. The van der Waals surface area contributed by atoms with Crippen LogP contribution in [0.15, 0.2) is 0 Å². The van der Waals surface area contributed by atoms with Crippen molar-refractivity contribution in [2.45, 2.75) is 71.1 Å². The van der Waals surface area contributed by atoms with Crippen LogP contribution in [0.5, 0.6) is 0 Å². The van der Waals surface area contributed by atoms with Crippen molar-refractivity contribution in [2.75, 3.05) is 19.8 Å². The van der Waals surface area contributed by atoms with Gasteiger partial charge in [-0.3, -0.25) is 0 Å². The number of hydrogen-bond acceptors (Lipinski definition) is 3. The van der Waals surface area contributed by atoms with Crippen LogP contribution in [0.4, 0.5) is 0 Å². The number of unbranched alkanes of at least 4 members (excludes halogenated alkanes) is 9. The summed E-state index contributed by atoms with van der Waals surface area (Å²) in [4.78, 5) is 0. The van der Waals surface area contributed by atoms with Gasteiger partial charge in [-0.15, -0.1) is 0 Å². The summed E-state index contributed by atoms with van der Waals surface area (Å²) in [6, 6.07) is 0.